The van der Waals surface area contributed by atoms with Crippen LogP contribution in [0.15, 0.2) is 12.3 Å². The quantitative estimate of drug-likeness (QED) is 0.469. The molecule has 0 radical (unpaired) electrons. The molecule has 0 aromatic carbocycles. The van der Waals surface area contributed by atoms with E-state index in [-0.39, 0.29) is 23.4 Å². The first-order valence-corrected chi connectivity index (χ1v) is 6.09. The summed E-state index contributed by atoms with van der Waals surface area (Å²) >= 11 is 5.64. The summed E-state index contributed by atoms with van der Waals surface area (Å²) in [6.07, 6.45) is 1.94. The second-order valence-corrected chi connectivity index (χ2v) is 4.26. The zero-order valence-electron chi connectivity index (χ0n) is 10.3. The minimum Gasteiger partial charge on any atom is -0.396 e. The fourth-order valence-corrected chi connectivity index (χ4v) is 1.71. The van der Waals surface area contributed by atoms with Gasteiger partial charge in [-0.05, 0) is 18.9 Å². The Labute approximate surface area is 114 Å². The molecule has 1 unspecified atom stereocenters. The largest absolute Gasteiger partial charge is 0.396 e. The molecule has 0 aliphatic carbocycles. The molecule has 1 atom stereocenters. The zero-order chi connectivity index (χ0) is 14.4. The Morgan fingerprint density at radius 2 is 2.37 bits per heavy atom. The minimum atomic E-state index is -0.689. The molecule has 0 bridgehead atoms. The van der Waals surface area contributed by atoms with Crippen molar-refractivity contribution in [2.75, 3.05) is 6.61 Å². The first kappa shape index (κ1) is 15.3. The molecular formula is C11H14ClN3O4. The van der Waals surface area contributed by atoms with Gasteiger partial charge in [0.2, 0.25) is 0 Å². The minimum absolute atomic E-state index is 0.00552. The third-order valence-electron chi connectivity index (χ3n) is 2.60. The molecule has 1 amide bonds. The lowest BCUT2D eigenvalue weighted by Gasteiger charge is -2.15. The number of carbonyl (C=O) groups is 1. The van der Waals surface area contributed by atoms with Crippen molar-refractivity contribution in [3.05, 3.63) is 33.1 Å². The van der Waals surface area contributed by atoms with Crippen LogP contribution in [0.1, 0.15) is 30.1 Å². The lowest BCUT2D eigenvalue weighted by Crippen LogP contribution is -2.35. The van der Waals surface area contributed by atoms with Crippen molar-refractivity contribution in [3.8, 4) is 0 Å². The van der Waals surface area contributed by atoms with E-state index in [1.807, 2.05) is 6.92 Å². The fourth-order valence-electron chi connectivity index (χ4n) is 1.55. The van der Waals surface area contributed by atoms with Gasteiger partial charge in [0, 0.05) is 12.6 Å². The van der Waals surface area contributed by atoms with Gasteiger partial charge in [-0.3, -0.25) is 14.9 Å². The standard InChI is InChI=1S/C11H14ClN3O4/c1-2-7(3-4-16)14-11(17)8-5-10(12)13-6-9(8)15(18)19/h5-7,16H,2-4H2,1H3,(H,14,17). The summed E-state index contributed by atoms with van der Waals surface area (Å²) in [5.41, 5.74) is -0.540. The number of nitrogens with zero attached hydrogens (tertiary/aromatic N) is 2. The fraction of sp³-hybridized carbons (Fsp3) is 0.455. The van der Waals surface area contributed by atoms with Gasteiger partial charge in [-0.2, -0.15) is 0 Å². The van der Waals surface area contributed by atoms with E-state index in [2.05, 4.69) is 10.3 Å². The van der Waals surface area contributed by atoms with Gasteiger partial charge >= 0.3 is 0 Å². The number of carbonyl (C=O) groups excluding carboxylic acids is 1. The maximum absolute atomic E-state index is 12.0. The molecule has 0 saturated heterocycles. The molecule has 104 valence electrons. The topological polar surface area (TPSA) is 105 Å². The second-order valence-electron chi connectivity index (χ2n) is 3.87. The Morgan fingerprint density at radius 1 is 1.68 bits per heavy atom. The Balaban J connectivity index is 2.98. The van der Waals surface area contributed by atoms with Crippen molar-refractivity contribution in [2.24, 2.45) is 0 Å². The van der Waals surface area contributed by atoms with Crippen molar-refractivity contribution in [3.63, 3.8) is 0 Å². The number of aliphatic hydroxyl groups excluding tert-OH is 1. The molecule has 1 aromatic rings. The van der Waals surface area contributed by atoms with Crippen LogP contribution in [0.5, 0.6) is 0 Å². The number of aliphatic hydroxyl groups is 1. The molecule has 0 saturated carbocycles. The highest BCUT2D eigenvalue weighted by Crippen LogP contribution is 2.20. The number of halogens is 1. The van der Waals surface area contributed by atoms with Crippen LogP contribution in [-0.2, 0) is 0 Å². The van der Waals surface area contributed by atoms with Crippen LogP contribution in [-0.4, -0.2) is 33.6 Å². The third-order valence-corrected chi connectivity index (χ3v) is 2.80. The summed E-state index contributed by atoms with van der Waals surface area (Å²) in [5.74, 6) is -0.601. The highest BCUT2D eigenvalue weighted by molar-refractivity contribution is 6.29. The van der Waals surface area contributed by atoms with Crippen LogP contribution >= 0.6 is 11.6 Å². The number of nitrogens with one attached hydrogen (secondary N) is 1. The molecule has 1 aromatic heterocycles. The van der Waals surface area contributed by atoms with Crippen LogP contribution < -0.4 is 5.32 Å². The van der Waals surface area contributed by atoms with Crippen LogP contribution in [0.3, 0.4) is 0 Å². The Morgan fingerprint density at radius 3 is 2.89 bits per heavy atom. The van der Waals surface area contributed by atoms with Gasteiger partial charge in [0.15, 0.2) is 0 Å². The summed E-state index contributed by atoms with van der Waals surface area (Å²) in [4.78, 5) is 25.7. The van der Waals surface area contributed by atoms with Gasteiger partial charge < -0.3 is 10.4 Å². The maximum atomic E-state index is 12.0. The summed E-state index contributed by atoms with van der Waals surface area (Å²) in [6.45, 7) is 1.77. The number of aromatic nitrogens is 1. The molecule has 7 nitrogen and oxygen atoms in total. The number of hydrogen-bond donors (Lipinski definition) is 2. The zero-order valence-corrected chi connectivity index (χ0v) is 11.1. The van der Waals surface area contributed by atoms with E-state index in [1.165, 1.54) is 0 Å². The number of pyridine rings is 1. The van der Waals surface area contributed by atoms with E-state index in [0.29, 0.717) is 12.8 Å². The van der Waals surface area contributed by atoms with Gasteiger partial charge in [-0.25, -0.2) is 4.98 Å². The number of amides is 1. The lowest BCUT2D eigenvalue weighted by atomic mass is 10.1. The van der Waals surface area contributed by atoms with Gasteiger partial charge in [-0.15, -0.1) is 0 Å². The summed E-state index contributed by atoms with van der Waals surface area (Å²) in [7, 11) is 0. The average molecular weight is 288 g/mol. The monoisotopic (exact) mass is 287 g/mol. The van der Waals surface area contributed by atoms with Gasteiger partial charge in [0.05, 0.1) is 4.92 Å². The molecule has 19 heavy (non-hydrogen) atoms. The van der Waals surface area contributed by atoms with Gasteiger partial charge in [0.1, 0.15) is 16.9 Å². The predicted molar refractivity (Wildman–Crippen MR) is 69.1 cm³/mol. The molecule has 0 aliphatic heterocycles. The Hall–Kier alpha value is -1.73. The highest BCUT2D eigenvalue weighted by Gasteiger charge is 2.22. The van der Waals surface area contributed by atoms with Gasteiger partial charge in [0.25, 0.3) is 11.6 Å². The SMILES string of the molecule is CCC(CCO)NC(=O)c1cc(Cl)ncc1[N+](=O)[O-]. The molecule has 2 N–H and O–H groups in total. The van der Waals surface area contributed by atoms with E-state index in [9.17, 15) is 14.9 Å². The van der Waals surface area contributed by atoms with E-state index >= 15 is 0 Å². The summed E-state index contributed by atoms with van der Waals surface area (Å²) in [5, 5.41) is 22.3. The van der Waals surface area contributed by atoms with E-state index in [1.54, 1.807) is 0 Å². The van der Waals surface area contributed by atoms with Crippen LogP contribution in [0, 0.1) is 10.1 Å². The Kier molecular flexibility index (Phi) is 5.65. The van der Waals surface area contributed by atoms with E-state index < -0.39 is 16.5 Å². The van der Waals surface area contributed by atoms with Crippen molar-refractivity contribution in [2.45, 2.75) is 25.8 Å². The molecule has 0 aliphatic rings. The smallest absolute Gasteiger partial charge is 0.300 e. The first-order valence-electron chi connectivity index (χ1n) is 5.71. The lowest BCUT2D eigenvalue weighted by molar-refractivity contribution is -0.385. The average Bonchev–Trinajstić information content (AvgIpc) is 2.37. The van der Waals surface area contributed by atoms with Crippen molar-refractivity contribution >= 4 is 23.2 Å². The normalized spacial score (nSPS) is 11.9. The molecule has 0 spiro atoms. The van der Waals surface area contributed by atoms with Crippen molar-refractivity contribution in [1.82, 2.24) is 10.3 Å². The molecular weight excluding hydrogens is 274 g/mol. The van der Waals surface area contributed by atoms with Crippen molar-refractivity contribution < 1.29 is 14.8 Å². The first-order chi connectivity index (χ1) is 8.99. The van der Waals surface area contributed by atoms with Crippen LogP contribution in [0.25, 0.3) is 0 Å². The second kappa shape index (κ2) is 7.01. The predicted octanol–water partition coefficient (Wildman–Crippen LogP) is 1.53. The molecule has 0 fully saturated rings. The molecule has 8 heteroatoms. The third kappa shape index (κ3) is 4.15. The van der Waals surface area contributed by atoms with Crippen LogP contribution in [0.4, 0.5) is 5.69 Å². The van der Waals surface area contributed by atoms with E-state index in [4.69, 9.17) is 16.7 Å². The van der Waals surface area contributed by atoms with Gasteiger partial charge in [-0.1, -0.05) is 18.5 Å². The maximum Gasteiger partial charge on any atom is 0.300 e. The molecule has 1 rings (SSSR count). The number of nitro groups is 1. The summed E-state index contributed by atoms with van der Waals surface area (Å²) < 4.78 is 0. The number of hydrogen-bond acceptors (Lipinski definition) is 5. The van der Waals surface area contributed by atoms with Crippen LogP contribution in [0.2, 0.25) is 5.15 Å². The summed E-state index contributed by atoms with van der Waals surface area (Å²) in [6, 6.07) is 0.907. The molecule has 1 heterocycles. The number of rotatable bonds is 6. The van der Waals surface area contributed by atoms with E-state index in [0.717, 1.165) is 12.3 Å². The Bertz CT molecular complexity index is 481. The van der Waals surface area contributed by atoms with Crippen molar-refractivity contribution in [1.29, 1.82) is 0 Å². The highest BCUT2D eigenvalue weighted by atomic mass is 35.5.